The highest BCUT2D eigenvalue weighted by Crippen LogP contribution is 2.24. The maximum absolute atomic E-state index is 9.02. The van der Waals surface area contributed by atoms with E-state index in [4.69, 9.17) is 5.11 Å². The van der Waals surface area contributed by atoms with Gasteiger partial charge in [0.25, 0.3) is 0 Å². The fourth-order valence-corrected chi connectivity index (χ4v) is 3.05. The first kappa shape index (κ1) is 11.9. The standard InChI is InChI=1S/C14H21N3O/c18-11-12-3-4-14(15-9-12)17-8-5-13(10-17)16-6-1-2-7-16/h3-4,9,13,18H,1-2,5-8,10-11H2. The third-order valence-electron chi connectivity index (χ3n) is 4.14. The van der Waals surface area contributed by atoms with Gasteiger partial charge in [-0.3, -0.25) is 4.90 Å². The number of aliphatic hydroxyl groups excluding tert-OH is 1. The molecule has 2 fully saturated rings. The summed E-state index contributed by atoms with van der Waals surface area (Å²) >= 11 is 0. The van der Waals surface area contributed by atoms with Gasteiger partial charge in [-0.05, 0) is 44.0 Å². The quantitative estimate of drug-likeness (QED) is 0.872. The largest absolute Gasteiger partial charge is 0.392 e. The molecule has 1 aromatic heterocycles. The molecular weight excluding hydrogens is 226 g/mol. The van der Waals surface area contributed by atoms with E-state index >= 15 is 0 Å². The average Bonchev–Trinajstić information content (AvgIpc) is 3.09. The van der Waals surface area contributed by atoms with Gasteiger partial charge in [-0.25, -0.2) is 4.98 Å². The second kappa shape index (κ2) is 5.24. The Kier molecular flexibility index (Phi) is 3.48. The van der Waals surface area contributed by atoms with Crippen LogP contribution in [0.3, 0.4) is 0 Å². The topological polar surface area (TPSA) is 39.6 Å². The van der Waals surface area contributed by atoms with Crippen molar-refractivity contribution < 1.29 is 5.11 Å². The molecule has 0 aliphatic carbocycles. The minimum absolute atomic E-state index is 0.0731. The SMILES string of the molecule is OCc1ccc(N2CCC(N3CCCC3)C2)nc1. The van der Waals surface area contributed by atoms with Gasteiger partial charge in [0.05, 0.1) is 6.61 Å². The number of anilines is 1. The minimum Gasteiger partial charge on any atom is -0.392 e. The van der Waals surface area contributed by atoms with Gasteiger partial charge >= 0.3 is 0 Å². The summed E-state index contributed by atoms with van der Waals surface area (Å²) in [6.45, 7) is 4.83. The van der Waals surface area contributed by atoms with E-state index in [0.717, 1.165) is 24.5 Å². The van der Waals surface area contributed by atoms with Crippen LogP contribution < -0.4 is 4.90 Å². The van der Waals surface area contributed by atoms with E-state index < -0.39 is 0 Å². The van der Waals surface area contributed by atoms with Gasteiger partial charge in [-0.2, -0.15) is 0 Å². The predicted octanol–water partition coefficient (Wildman–Crippen LogP) is 1.25. The molecule has 4 nitrogen and oxygen atoms in total. The summed E-state index contributed by atoms with van der Waals surface area (Å²) in [5.74, 6) is 1.05. The van der Waals surface area contributed by atoms with Gasteiger partial charge in [0, 0.05) is 25.3 Å². The van der Waals surface area contributed by atoms with Crippen molar-refractivity contribution in [2.45, 2.75) is 31.9 Å². The van der Waals surface area contributed by atoms with Crippen LogP contribution >= 0.6 is 0 Å². The number of aromatic nitrogens is 1. The molecule has 0 amide bonds. The molecule has 0 bridgehead atoms. The van der Waals surface area contributed by atoms with Crippen LogP contribution in [0.2, 0.25) is 0 Å². The minimum atomic E-state index is 0.0731. The van der Waals surface area contributed by atoms with Gasteiger partial charge in [-0.1, -0.05) is 6.07 Å². The highest BCUT2D eigenvalue weighted by Gasteiger charge is 2.29. The van der Waals surface area contributed by atoms with E-state index in [1.165, 1.54) is 32.4 Å². The van der Waals surface area contributed by atoms with E-state index in [9.17, 15) is 0 Å². The van der Waals surface area contributed by atoms with Crippen molar-refractivity contribution in [1.82, 2.24) is 9.88 Å². The molecule has 98 valence electrons. The number of nitrogens with zero attached hydrogens (tertiary/aromatic N) is 3. The lowest BCUT2D eigenvalue weighted by Gasteiger charge is -2.24. The number of hydrogen-bond donors (Lipinski definition) is 1. The van der Waals surface area contributed by atoms with Crippen LogP contribution in [0.15, 0.2) is 18.3 Å². The first-order valence-corrected chi connectivity index (χ1v) is 6.91. The van der Waals surface area contributed by atoms with Gasteiger partial charge in [0.1, 0.15) is 5.82 Å². The van der Waals surface area contributed by atoms with Crippen molar-refractivity contribution in [2.24, 2.45) is 0 Å². The molecule has 2 aliphatic heterocycles. The van der Waals surface area contributed by atoms with E-state index in [1.807, 2.05) is 12.1 Å². The fraction of sp³-hybridized carbons (Fsp3) is 0.643. The molecular formula is C14H21N3O. The van der Waals surface area contributed by atoms with Crippen LogP contribution in [-0.4, -0.2) is 47.2 Å². The zero-order valence-electron chi connectivity index (χ0n) is 10.8. The Morgan fingerprint density at radius 3 is 2.72 bits per heavy atom. The summed E-state index contributed by atoms with van der Waals surface area (Å²) in [4.78, 5) is 9.43. The van der Waals surface area contributed by atoms with Crippen LogP contribution in [0.4, 0.5) is 5.82 Å². The lowest BCUT2D eigenvalue weighted by molar-refractivity contribution is 0.260. The lowest BCUT2D eigenvalue weighted by Crippen LogP contribution is -2.35. The normalized spacial score (nSPS) is 24.9. The molecule has 1 aromatic rings. The average molecular weight is 247 g/mol. The second-order valence-electron chi connectivity index (χ2n) is 5.31. The zero-order chi connectivity index (χ0) is 12.4. The van der Waals surface area contributed by atoms with Crippen molar-refractivity contribution in [2.75, 3.05) is 31.1 Å². The summed E-state index contributed by atoms with van der Waals surface area (Å²) in [6.07, 6.45) is 5.75. The summed E-state index contributed by atoms with van der Waals surface area (Å²) in [5.41, 5.74) is 0.883. The van der Waals surface area contributed by atoms with Crippen LogP contribution in [0.1, 0.15) is 24.8 Å². The van der Waals surface area contributed by atoms with Crippen molar-refractivity contribution in [3.05, 3.63) is 23.9 Å². The monoisotopic (exact) mass is 247 g/mol. The maximum Gasteiger partial charge on any atom is 0.128 e. The summed E-state index contributed by atoms with van der Waals surface area (Å²) < 4.78 is 0. The van der Waals surface area contributed by atoms with Gasteiger partial charge in [0.2, 0.25) is 0 Å². The third kappa shape index (κ3) is 2.35. The zero-order valence-corrected chi connectivity index (χ0v) is 10.8. The Labute approximate surface area is 108 Å². The molecule has 18 heavy (non-hydrogen) atoms. The Hall–Kier alpha value is -1.13. The van der Waals surface area contributed by atoms with Crippen molar-refractivity contribution in [3.63, 3.8) is 0 Å². The maximum atomic E-state index is 9.02. The third-order valence-corrected chi connectivity index (χ3v) is 4.14. The van der Waals surface area contributed by atoms with Crippen LogP contribution in [0, 0.1) is 0 Å². The van der Waals surface area contributed by atoms with Gasteiger partial charge < -0.3 is 10.0 Å². The van der Waals surface area contributed by atoms with Crippen molar-refractivity contribution in [3.8, 4) is 0 Å². The summed E-state index contributed by atoms with van der Waals surface area (Å²) in [7, 11) is 0. The number of hydrogen-bond acceptors (Lipinski definition) is 4. The Morgan fingerprint density at radius 2 is 2.06 bits per heavy atom. The molecule has 1 atom stereocenters. The first-order chi connectivity index (χ1) is 8.86. The molecule has 1 unspecified atom stereocenters. The molecule has 4 heteroatoms. The predicted molar refractivity (Wildman–Crippen MR) is 71.6 cm³/mol. The highest BCUT2D eigenvalue weighted by atomic mass is 16.3. The molecule has 2 aliphatic rings. The molecule has 2 saturated heterocycles. The Morgan fingerprint density at radius 1 is 1.22 bits per heavy atom. The molecule has 0 aromatic carbocycles. The van der Waals surface area contributed by atoms with Crippen molar-refractivity contribution >= 4 is 5.82 Å². The molecule has 1 N–H and O–H groups in total. The van der Waals surface area contributed by atoms with Crippen LogP contribution in [0.25, 0.3) is 0 Å². The van der Waals surface area contributed by atoms with Gasteiger partial charge in [0.15, 0.2) is 0 Å². The number of rotatable bonds is 3. The van der Waals surface area contributed by atoms with E-state index in [1.54, 1.807) is 6.20 Å². The molecule has 3 rings (SSSR count). The van der Waals surface area contributed by atoms with Crippen LogP contribution in [-0.2, 0) is 6.61 Å². The lowest BCUT2D eigenvalue weighted by atomic mass is 10.2. The number of aliphatic hydroxyl groups is 1. The summed E-state index contributed by atoms with van der Waals surface area (Å²) in [6, 6.07) is 4.70. The van der Waals surface area contributed by atoms with E-state index in [-0.39, 0.29) is 6.61 Å². The number of pyridine rings is 1. The highest BCUT2D eigenvalue weighted by molar-refractivity contribution is 5.40. The van der Waals surface area contributed by atoms with Crippen molar-refractivity contribution in [1.29, 1.82) is 0 Å². The van der Waals surface area contributed by atoms with E-state index in [0.29, 0.717) is 6.04 Å². The molecule has 3 heterocycles. The first-order valence-electron chi connectivity index (χ1n) is 6.91. The molecule has 0 saturated carbocycles. The Balaban J connectivity index is 1.63. The Bertz CT molecular complexity index is 387. The molecule has 0 spiro atoms. The van der Waals surface area contributed by atoms with Gasteiger partial charge in [-0.15, -0.1) is 0 Å². The van der Waals surface area contributed by atoms with Crippen LogP contribution in [0.5, 0.6) is 0 Å². The smallest absolute Gasteiger partial charge is 0.128 e. The molecule has 0 radical (unpaired) electrons. The summed E-state index contributed by atoms with van der Waals surface area (Å²) in [5, 5.41) is 9.02. The number of likely N-dealkylation sites (tertiary alicyclic amines) is 1. The second-order valence-corrected chi connectivity index (χ2v) is 5.31. The fourth-order valence-electron chi connectivity index (χ4n) is 3.05. The van der Waals surface area contributed by atoms with E-state index in [2.05, 4.69) is 14.8 Å².